The zero-order chi connectivity index (χ0) is 12.7. The van der Waals surface area contributed by atoms with E-state index in [-0.39, 0.29) is 11.8 Å². The molecule has 1 heterocycles. The first kappa shape index (κ1) is 11.5. The van der Waals surface area contributed by atoms with E-state index in [1.807, 2.05) is 31.1 Å². The van der Waals surface area contributed by atoms with Crippen LogP contribution in [0.15, 0.2) is 18.3 Å². The first-order chi connectivity index (χ1) is 8.63. The summed E-state index contributed by atoms with van der Waals surface area (Å²) in [6.45, 7) is 0. The Balaban J connectivity index is 1.60. The van der Waals surface area contributed by atoms with Gasteiger partial charge in [-0.3, -0.25) is 4.79 Å². The average molecular weight is 245 g/mol. The smallest absolute Gasteiger partial charge is 0.227 e. The van der Waals surface area contributed by atoms with Crippen molar-refractivity contribution >= 4 is 17.4 Å². The highest BCUT2D eigenvalue weighted by Gasteiger charge is 2.47. The molecular formula is C14H19N3O. The lowest BCUT2D eigenvalue weighted by Gasteiger charge is -2.14. The van der Waals surface area contributed by atoms with Crippen LogP contribution >= 0.6 is 0 Å². The van der Waals surface area contributed by atoms with Crippen LogP contribution in [0.25, 0.3) is 0 Å². The third kappa shape index (κ3) is 2.19. The Morgan fingerprint density at radius 1 is 1.28 bits per heavy atom. The summed E-state index contributed by atoms with van der Waals surface area (Å²) in [5.41, 5.74) is 0.797. The second-order valence-electron chi connectivity index (χ2n) is 5.71. The highest BCUT2D eigenvalue weighted by Crippen LogP contribution is 2.54. The Kier molecular flexibility index (Phi) is 2.73. The van der Waals surface area contributed by atoms with E-state index < -0.39 is 0 Å². The van der Waals surface area contributed by atoms with Crippen molar-refractivity contribution in [3.05, 3.63) is 18.3 Å². The molecule has 2 atom stereocenters. The van der Waals surface area contributed by atoms with Gasteiger partial charge in [0.05, 0.1) is 11.9 Å². The minimum atomic E-state index is 0.168. The Morgan fingerprint density at radius 2 is 2.00 bits per heavy atom. The molecule has 1 N–H and O–H groups in total. The third-order valence-electron chi connectivity index (χ3n) is 4.09. The second kappa shape index (κ2) is 4.26. The number of nitrogens with one attached hydrogen (secondary N) is 1. The van der Waals surface area contributed by atoms with Gasteiger partial charge in [0.1, 0.15) is 5.82 Å². The lowest BCUT2D eigenvalue weighted by atomic mass is 10.0. The number of carbonyl (C=O) groups excluding carboxylic acids is 1. The van der Waals surface area contributed by atoms with Crippen LogP contribution in [0.2, 0.25) is 0 Å². The maximum atomic E-state index is 12.1. The molecule has 0 aromatic carbocycles. The second-order valence-corrected chi connectivity index (χ2v) is 5.71. The summed E-state index contributed by atoms with van der Waals surface area (Å²) in [6.07, 6.45) is 5.24. The number of hydrogen-bond acceptors (Lipinski definition) is 3. The van der Waals surface area contributed by atoms with Crippen LogP contribution in [-0.2, 0) is 4.79 Å². The summed E-state index contributed by atoms with van der Waals surface area (Å²) in [5, 5.41) is 2.97. The molecule has 0 bridgehead atoms. The molecule has 1 aromatic heterocycles. The molecule has 0 aliphatic heterocycles. The molecule has 4 nitrogen and oxygen atoms in total. The number of fused-ring (bicyclic) bond motifs is 1. The molecule has 2 saturated carbocycles. The van der Waals surface area contributed by atoms with Gasteiger partial charge < -0.3 is 10.2 Å². The van der Waals surface area contributed by atoms with Crippen LogP contribution in [0.5, 0.6) is 0 Å². The normalized spacial score (nSPS) is 28.7. The third-order valence-corrected chi connectivity index (χ3v) is 4.09. The first-order valence-electron chi connectivity index (χ1n) is 6.57. The fraction of sp³-hybridized carbons (Fsp3) is 0.571. The molecule has 2 aliphatic rings. The van der Waals surface area contributed by atoms with Crippen LogP contribution in [-0.4, -0.2) is 25.0 Å². The van der Waals surface area contributed by atoms with Crippen molar-refractivity contribution in [2.45, 2.75) is 19.3 Å². The van der Waals surface area contributed by atoms with Gasteiger partial charge in [0.25, 0.3) is 0 Å². The van der Waals surface area contributed by atoms with Gasteiger partial charge >= 0.3 is 0 Å². The summed E-state index contributed by atoms with van der Waals surface area (Å²) in [7, 11) is 3.90. The van der Waals surface area contributed by atoms with Gasteiger partial charge in [-0.2, -0.15) is 0 Å². The molecule has 0 radical (unpaired) electrons. The number of aromatic nitrogens is 1. The van der Waals surface area contributed by atoms with Crippen molar-refractivity contribution in [2.75, 3.05) is 24.3 Å². The van der Waals surface area contributed by atoms with E-state index in [1.54, 1.807) is 6.20 Å². The molecule has 2 fully saturated rings. The van der Waals surface area contributed by atoms with E-state index in [4.69, 9.17) is 0 Å². The van der Waals surface area contributed by atoms with Crippen LogP contribution in [0.4, 0.5) is 11.5 Å². The highest BCUT2D eigenvalue weighted by atomic mass is 16.1. The molecule has 2 aliphatic carbocycles. The van der Waals surface area contributed by atoms with E-state index in [2.05, 4.69) is 10.3 Å². The molecule has 4 heteroatoms. The molecule has 3 rings (SSSR count). The number of pyridine rings is 1. The van der Waals surface area contributed by atoms with E-state index in [9.17, 15) is 4.79 Å². The van der Waals surface area contributed by atoms with Gasteiger partial charge in [-0.1, -0.05) is 0 Å². The molecule has 0 saturated heterocycles. The standard InChI is InChI=1S/C14H19N3O/c1-17(2)13-4-3-12(8-15-13)16-14(18)11-6-9-5-10(9)7-11/h3-4,8-11H,5-7H2,1-2H3,(H,16,18). The molecular weight excluding hydrogens is 226 g/mol. The zero-order valence-electron chi connectivity index (χ0n) is 10.9. The number of hydrogen-bond donors (Lipinski definition) is 1. The van der Waals surface area contributed by atoms with Crippen LogP contribution < -0.4 is 10.2 Å². The SMILES string of the molecule is CN(C)c1ccc(NC(=O)C2CC3CC3C2)cn1. The molecule has 18 heavy (non-hydrogen) atoms. The monoisotopic (exact) mass is 245 g/mol. The summed E-state index contributed by atoms with van der Waals surface area (Å²) in [5.74, 6) is 2.98. The van der Waals surface area contributed by atoms with E-state index in [1.165, 1.54) is 6.42 Å². The van der Waals surface area contributed by atoms with Crippen LogP contribution in [0.1, 0.15) is 19.3 Å². The lowest BCUT2D eigenvalue weighted by molar-refractivity contribution is -0.120. The van der Waals surface area contributed by atoms with Crippen molar-refractivity contribution in [1.29, 1.82) is 0 Å². The number of anilines is 2. The van der Waals surface area contributed by atoms with E-state index in [0.717, 1.165) is 36.2 Å². The molecule has 2 unspecified atom stereocenters. The van der Waals surface area contributed by atoms with E-state index in [0.29, 0.717) is 0 Å². The minimum absolute atomic E-state index is 0.168. The highest BCUT2D eigenvalue weighted by molar-refractivity contribution is 5.92. The summed E-state index contributed by atoms with van der Waals surface area (Å²) in [4.78, 5) is 18.3. The molecule has 96 valence electrons. The van der Waals surface area contributed by atoms with Gasteiger partial charge in [0.2, 0.25) is 5.91 Å². The fourth-order valence-electron chi connectivity index (χ4n) is 2.90. The van der Waals surface area contributed by atoms with E-state index >= 15 is 0 Å². The Morgan fingerprint density at radius 3 is 2.56 bits per heavy atom. The number of nitrogens with zero attached hydrogens (tertiary/aromatic N) is 2. The van der Waals surface area contributed by atoms with Gasteiger partial charge in [-0.15, -0.1) is 0 Å². The summed E-state index contributed by atoms with van der Waals surface area (Å²) >= 11 is 0. The van der Waals surface area contributed by atoms with Gasteiger partial charge in [0.15, 0.2) is 0 Å². The number of amides is 1. The van der Waals surface area contributed by atoms with Gasteiger partial charge in [-0.05, 0) is 43.2 Å². The summed E-state index contributed by atoms with van der Waals surface area (Å²) in [6, 6.07) is 3.83. The Bertz CT molecular complexity index is 445. The minimum Gasteiger partial charge on any atom is -0.363 e. The molecule has 1 amide bonds. The fourth-order valence-corrected chi connectivity index (χ4v) is 2.90. The van der Waals surface area contributed by atoms with Gasteiger partial charge in [-0.25, -0.2) is 4.98 Å². The Hall–Kier alpha value is -1.58. The van der Waals surface area contributed by atoms with Crippen LogP contribution in [0.3, 0.4) is 0 Å². The Labute approximate surface area is 107 Å². The van der Waals surface area contributed by atoms with Crippen molar-refractivity contribution < 1.29 is 4.79 Å². The van der Waals surface area contributed by atoms with Crippen molar-refractivity contribution in [1.82, 2.24) is 4.98 Å². The molecule has 1 aromatic rings. The van der Waals surface area contributed by atoms with Crippen molar-refractivity contribution in [3.8, 4) is 0 Å². The quantitative estimate of drug-likeness (QED) is 0.887. The number of carbonyl (C=O) groups is 1. The predicted molar refractivity (Wildman–Crippen MR) is 71.5 cm³/mol. The van der Waals surface area contributed by atoms with Gasteiger partial charge in [0, 0.05) is 20.0 Å². The number of rotatable bonds is 3. The lowest BCUT2D eigenvalue weighted by Crippen LogP contribution is -2.21. The zero-order valence-corrected chi connectivity index (χ0v) is 10.9. The van der Waals surface area contributed by atoms with Crippen molar-refractivity contribution in [2.24, 2.45) is 17.8 Å². The first-order valence-corrected chi connectivity index (χ1v) is 6.57. The predicted octanol–water partition coefficient (Wildman–Crippen LogP) is 2.13. The topological polar surface area (TPSA) is 45.2 Å². The molecule has 0 spiro atoms. The van der Waals surface area contributed by atoms with Crippen molar-refractivity contribution in [3.63, 3.8) is 0 Å². The largest absolute Gasteiger partial charge is 0.363 e. The average Bonchev–Trinajstić information content (AvgIpc) is 2.96. The summed E-state index contributed by atoms with van der Waals surface area (Å²) < 4.78 is 0. The maximum absolute atomic E-state index is 12.1. The van der Waals surface area contributed by atoms with Crippen LogP contribution in [0, 0.1) is 17.8 Å². The maximum Gasteiger partial charge on any atom is 0.227 e.